The minimum absolute atomic E-state index is 0.123. The van der Waals surface area contributed by atoms with E-state index < -0.39 is 13.1 Å². The first-order chi connectivity index (χ1) is 9.97. The SMILES string of the molecule is CCN(CC)CCN1CC(CCCB(O)O)[C@H](C(=O)O)C1. The standard InChI is InChI=1S/C14H29BN2O4/c1-3-16(4-2)8-9-17-10-12(6-5-7-15(20)21)13(11-17)14(18)19/h12-13,20-21H,3-11H2,1-2H3,(H,18,19)/t12?,13-/m1/s1. The van der Waals surface area contributed by atoms with Gasteiger partial charge in [0.1, 0.15) is 0 Å². The summed E-state index contributed by atoms with van der Waals surface area (Å²) in [5.74, 6) is -0.926. The summed E-state index contributed by atoms with van der Waals surface area (Å²) >= 11 is 0. The first kappa shape index (κ1) is 18.4. The maximum Gasteiger partial charge on any atom is 0.451 e. The van der Waals surface area contributed by atoms with Crippen LogP contribution < -0.4 is 0 Å². The van der Waals surface area contributed by atoms with Gasteiger partial charge in [0.05, 0.1) is 5.92 Å². The fourth-order valence-electron chi connectivity index (χ4n) is 3.10. The number of likely N-dealkylation sites (tertiary alicyclic amines) is 1. The highest BCUT2D eigenvalue weighted by molar-refractivity contribution is 6.40. The van der Waals surface area contributed by atoms with Gasteiger partial charge in [-0.3, -0.25) is 4.79 Å². The molecule has 7 heteroatoms. The molecule has 122 valence electrons. The summed E-state index contributed by atoms with van der Waals surface area (Å²) in [6.07, 6.45) is 1.73. The largest absolute Gasteiger partial charge is 0.481 e. The normalized spacial score (nSPS) is 22.9. The summed E-state index contributed by atoms with van der Waals surface area (Å²) in [4.78, 5) is 15.9. The smallest absolute Gasteiger partial charge is 0.451 e. The zero-order chi connectivity index (χ0) is 15.8. The van der Waals surface area contributed by atoms with E-state index in [0.717, 1.165) is 39.1 Å². The van der Waals surface area contributed by atoms with Crippen LogP contribution in [0.5, 0.6) is 0 Å². The number of carboxylic acid groups (broad SMARTS) is 1. The highest BCUT2D eigenvalue weighted by Gasteiger charge is 2.37. The second-order valence-corrected chi connectivity index (χ2v) is 5.90. The van der Waals surface area contributed by atoms with Crippen LogP contribution in [0.3, 0.4) is 0 Å². The number of hydrogen-bond acceptors (Lipinski definition) is 5. The third kappa shape index (κ3) is 6.34. The topological polar surface area (TPSA) is 84.2 Å². The van der Waals surface area contributed by atoms with Crippen molar-refractivity contribution in [2.45, 2.75) is 33.0 Å². The molecule has 0 radical (unpaired) electrons. The lowest BCUT2D eigenvalue weighted by Crippen LogP contribution is -2.34. The van der Waals surface area contributed by atoms with Gasteiger partial charge >= 0.3 is 13.1 Å². The molecular weight excluding hydrogens is 271 g/mol. The molecule has 1 aliphatic heterocycles. The van der Waals surface area contributed by atoms with Gasteiger partial charge in [-0.1, -0.05) is 20.3 Å². The molecule has 3 N–H and O–H groups in total. The lowest BCUT2D eigenvalue weighted by Gasteiger charge is -2.22. The van der Waals surface area contributed by atoms with Crippen LogP contribution in [0.1, 0.15) is 26.7 Å². The van der Waals surface area contributed by atoms with Gasteiger partial charge in [0.15, 0.2) is 0 Å². The number of carboxylic acids is 1. The average Bonchev–Trinajstić information content (AvgIpc) is 2.83. The molecule has 0 aliphatic carbocycles. The molecule has 0 aromatic carbocycles. The van der Waals surface area contributed by atoms with Crippen LogP contribution in [-0.2, 0) is 4.79 Å². The average molecular weight is 300 g/mol. The van der Waals surface area contributed by atoms with Crippen molar-refractivity contribution in [2.75, 3.05) is 39.3 Å². The Kier molecular flexibility index (Phi) is 8.25. The van der Waals surface area contributed by atoms with E-state index in [0.29, 0.717) is 19.3 Å². The number of rotatable bonds is 10. The van der Waals surface area contributed by atoms with Crippen LogP contribution in [-0.4, -0.2) is 77.3 Å². The van der Waals surface area contributed by atoms with Gasteiger partial charge in [-0.15, -0.1) is 0 Å². The van der Waals surface area contributed by atoms with Crippen LogP contribution >= 0.6 is 0 Å². The van der Waals surface area contributed by atoms with E-state index in [1.807, 2.05) is 0 Å². The molecule has 21 heavy (non-hydrogen) atoms. The Morgan fingerprint density at radius 2 is 1.95 bits per heavy atom. The van der Waals surface area contributed by atoms with Crippen LogP contribution in [0.4, 0.5) is 0 Å². The van der Waals surface area contributed by atoms with Gasteiger partial charge in [-0.2, -0.15) is 0 Å². The molecule has 1 saturated heterocycles. The molecule has 1 fully saturated rings. The Labute approximate surface area is 127 Å². The van der Waals surface area contributed by atoms with Crippen LogP contribution in [0, 0.1) is 11.8 Å². The minimum atomic E-state index is -1.28. The second-order valence-electron chi connectivity index (χ2n) is 5.90. The number of aliphatic carboxylic acids is 1. The van der Waals surface area contributed by atoms with Crippen LogP contribution in [0.2, 0.25) is 6.32 Å². The van der Waals surface area contributed by atoms with Crippen molar-refractivity contribution in [1.29, 1.82) is 0 Å². The van der Waals surface area contributed by atoms with Crippen molar-refractivity contribution in [3.63, 3.8) is 0 Å². The summed E-state index contributed by atoms with van der Waals surface area (Å²) in [6, 6.07) is 0. The summed E-state index contributed by atoms with van der Waals surface area (Å²) in [5, 5.41) is 27.1. The van der Waals surface area contributed by atoms with E-state index in [1.54, 1.807) is 0 Å². The molecule has 0 bridgehead atoms. The number of nitrogens with zero attached hydrogens (tertiary/aromatic N) is 2. The van der Waals surface area contributed by atoms with E-state index in [-0.39, 0.29) is 11.8 Å². The van der Waals surface area contributed by atoms with Gasteiger partial charge in [0.2, 0.25) is 0 Å². The van der Waals surface area contributed by atoms with E-state index >= 15 is 0 Å². The molecule has 1 aliphatic rings. The number of likely N-dealkylation sites (N-methyl/N-ethyl adjacent to an activating group) is 1. The van der Waals surface area contributed by atoms with Crippen molar-refractivity contribution in [2.24, 2.45) is 11.8 Å². The zero-order valence-electron chi connectivity index (χ0n) is 13.2. The van der Waals surface area contributed by atoms with Gasteiger partial charge in [-0.25, -0.2) is 0 Å². The lowest BCUT2D eigenvalue weighted by atomic mass is 9.80. The van der Waals surface area contributed by atoms with E-state index in [9.17, 15) is 9.90 Å². The molecule has 6 nitrogen and oxygen atoms in total. The summed E-state index contributed by atoms with van der Waals surface area (Å²) in [7, 11) is -1.28. The molecule has 0 aromatic rings. The van der Waals surface area contributed by atoms with Crippen LogP contribution in [0.15, 0.2) is 0 Å². The first-order valence-electron chi connectivity index (χ1n) is 8.01. The third-order valence-corrected chi connectivity index (χ3v) is 4.50. The van der Waals surface area contributed by atoms with E-state index in [1.165, 1.54) is 0 Å². The zero-order valence-corrected chi connectivity index (χ0v) is 13.2. The fourth-order valence-corrected chi connectivity index (χ4v) is 3.10. The molecule has 1 unspecified atom stereocenters. The van der Waals surface area contributed by atoms with Crippen LogP contribution in [0.25, 0.3) is 0 Å². The summed E-state index contributed by atoms with van der Waals surface area (Å²) < 4.78 is 0. The lowest BCUT2D eigenvalue weighted by molar-refractivity contribution is -0.142. The molecule has 2 atom stereocenters. The molecule has 0 saturated carbocycles. The quantitative estimate of drug-likeness (QED) is 0.500. The molecule has 0 spiro atoms. The van der Waals surface area contributed by atoms with Crippen molar-refractivity contribution in [3.05, 3.63) is 0 Å². The van der Waals surface area contributed by atoms with Gasteiger partial charge in [-0.05, 0) is 31.7 Å². The van der Waals surface area contributed by atoms with Crippen molar-refractivity contribution < 1.29 is 19.9 Å². The highest BCUT2D eigenvalue weighted by Crippen LogP contribution is 2.28. The summed E-state index contributed by atoms with van der Waals surface area (Å²) in [6.45, 7) is 9.61. The Balaban J connectivity index is 2.42. The van der Waals surface area contributed by atoms with E-state index in [2.05, 4.69) is 23.6 Å². The maximum absolute atomic E-state index is 11.4. The Hall–Kier alpha value is -0.625. The Morgan fingerprint density at radius 1 is 1.29 bits per heavy atom. The van der Waals surface area contributed by atoms with Crippen molar-refractivity contribution in [3.8, 4) is 0 Å². The predicted octanol–water partition coefficient (Wildman–Crippen LogP) is 0.214. The Morgan fingerprint density at radius 3 is 2.48 bits per heavy atom. The minimum Gasteiger partial charge on any atom is -0.481 e. The second kappa shape index (κ2) is 9.40. The summed E-state index contributed by atoms with van der Waals surface area (Å²) in [5.41, 5.74) is 0. The highest BCUT2D eigenvalue weighted by atomic mass is 16.4. The molecule has 0 amide bonds. The third-order valence-electron chi connectivity index (χ3n) is 4.50. The number of carbonyl (C=O) groups is 1. The molecule has 0 aromatic heterocycles. The molecule has 1 rings (SSSR count). The van der Waals surface area contributed by atoms with Crippen molar-refractivity contribution in [1.82, 2.24) is 9.80 Å². The predicted molar refractivity (Wildman–Crippen MR) is 83.1 cm³/mol. The monoisotopic (exact) mass is 300 g/mol. The maximum atomic E-state index is 11.4. The fraction of sp³-hybridized carbons (Fsp3) is 0.929. The molecular formula is C14H29BN2O4. The van der Waals surface area contributed by atoms with Gasteiger partial charge in [0.25, 0.3) is 0 Å². The first-order valence-corrected chi connectivity index (χ1v) is 8.01. The van der Waals surface area contributed by atoms with Crippen molar-refractivity contribution >= 4 is 13.1 Å². The van der Waals surface area contributed by atoms with Gasteiger partial charge in [0, 0.05) is 26.2 Å². The molecule has 1 heterocycles. The Bertz CT molecular complexity index is 313. The number of hydrogen-bond donors (Lipinski definition) is 3. The van der Waals surface area contributed by atoms with E-state index in [4.69, 9.17) is 10.0 Å². The van der Waals surface area contributed by atoms with Gasteiger partial charge < -0.3 is 25.0 Å².